The third-order valence-electron chi connectivity index (χ3n) is 4.16. The molecular formula is C15H27N3O. The number of aromatic nitrogens is 1. The first-order chi connectivity index (χ1) is 9.06. The van der Waals surface area contributed by atoms with Gasteiger partial charge in [0.05, 0.1) is 12.2 Å². The summed E-state index contributed by atoms with van der Waals surface area (Å²) in [7, 11) is 0. The summed E-state index contributed by atoms with van der Waals surface area (Å²) in [6.45, 7) is 11.8. The molecule has 1 N–H and O–H groups in total. The van der Waals surface area contributed by atoms with Gasteiger partial charge >= 0.3 is 0 Å². The molecule has 0 aromatic carbocycles. The molecule has 2 heterocycles. The second kappa shape index (κ2) is 6.53. The molecule has 0 amide bonds. The van der Waals surface area contributed by atoms with Crippen molar-refractivity contribution >= 4 is 0 Å². The Morgan fingerprint density at radius 2 is 2.26 bits per heavy atom. The van der Waals surface area contributed by atoms with Crippen LogP contribution in [0.5, 0.6) is 0 Å². The average Bonchev–Trinajstić information content (AvgIpc) is 2.80. The van der Waals surface area contributed by atoms with Crippen LogP contribution < -0.4 is 5.32 Å². The zero-order valence-electron chi connectivity index (χ0n) is 12.6. The molecule has 108 valence electrons. The molecule has 1 aromatic heterocycles. The maximum Gasteiger partial charge on any atom is 0.151 e. The van der Waals surface area contributed by atoms with Crippen molar-refractivity contribution in [2.45, 2.75) is 65.7 Å². The second-order valence-corrected chi connectivity index (χ2v) is 6.15. The lowest BCUT2D eigenvalue weighted by molar-refractivity contribution is 0.0959. The molecule has 0 aliphatic carbocycles. The summed E-state index contributed by atoms with van der Waals surface area (Å²) in [6.07, 6.45) is 2.64. The van der Waals surface area contributed by atoms with E-state index < -0.39 is 0 Å². The molecule has 1 aromatic rings. The van der Waals surface area contributed by atoms with Crippen LogP contribution in [0, 0.1) is 5.92 Å². The SMILES string of the molecule is CC(C)NCc1cc(CN2CCCC(C)C2C)on1. The van der Waals surface area contributed by atoms with Crippen LogP contribution in [-0.2, 0) is 13.1 Å². The summed E-state index contributed by atoms with van der Waals surface area (Å²) >= 11 is 0. The fourth-order valence-corrected chi connectivity index (χ4v) is 2.67. The van der Waals surface area contributed by atoms with Gasteiger partial charge in [-0.05, 0) is 32.2 Å². The highest BCUT2D eigenvalue weighted by Crippen LogP contribution is 2.24. The molecule has 2 rings (SSSR count). The molecule has 1 aliphatic heterocycles. The third kappa shape index (κ3) is 4.05. The van der Waals surface area contributed by atoms with E-state index >= 15 is 0 Å². The highest BCUT2D eigenvalue weighted by atomic mass is 16.5. The molecule has 0 spiro atoms. The third-order valence-corrected chi connectivity index (χ3v) is 4.16. The van der Waals surface area contributed by atoms with Crippen LogP contribution in [-0.4, -0.2) is 28.7 Å². The maximum atomic E-state index is 5.45. The van der Waals surface area contributed by atoms with E-state index in [4.69, 9.17) is 4.52 Å². The minimum absolute atomic E-state index is 0.475. The van der Waals surface area contributed by atoms with Crippen LogP contribution >= 0.6 is 0 Å². The summed E-state index contributed by atoms with van der Waals surface area (Å²) in [5.74, 6) is 1.76. The van der Waals surface area contributed by atoms with Crippen LogP contribution in [0.4, 0.5) is 0 Å². The van der Waals surface area contributed by atoms with E-state index in [0.717, 1.165) is 30.5 Å². The summed E-state index contributed by atoms with van der Waals surface area (Å²) in [6, 6.07) is 3.20. The van der Waals surface area contributed by atoms with E-state index in [0.29, 0.717) is 12.1 Å². The largest absolute Gasteiger partial charge is 0.360 e. The topological polar surface area (TPSA) is 41.3 Å². The molecule has 4 nitrogen and oxygen atoms in total. The zero-order valence-corrected chi connectivity index (χ0v) is 12.6. The molecule has 1 fully saturated rings. The van der Waals surface area contributed by atoms with Crippen LogP contribution in [0.2, 0.25) is 0 Å². The molecule has 2 unspecified atom stereocenters. The minimum atomic E-state index is 0.475. The second-order valence-electron chi connectivity index (χ2n) is 6.15. The number of hydrogen-bond acceptors (Lipinski definition) is 4. The van der Waals surface area contributed by atoms with Gasteiger partial charge in [0.15, 0.2) is 5.76 Å². The van der Waals surface area contributed by atoms with Gasteiger partial charge in [0, 0.05) is 24.7 Å². The van der Waals surface area contributed by atoms with Crippen molar-refractivity contribution in [2.24, 2.45) is 5.92 Å². The number of hydrogen-bond donors (Lipinski definition) is 1. The molecule has 1 saturated heterocycles. The summed E-state index contributed by atoms with van der Waals surface area (Å²) in [4.78, 5) is 2.51. The highest BCUT2D eigenvalue weighted by Gasteiger charge is 2.25. The average molecular weight is 265 g/mol. The van der Waals surface area contributed by atoms with Gasteiger partial charge in [0.1, 0.15) is 0 Å². The molecule has 4 heteroatoms. The van der Waals surface area contributed by atoms with E-state index in [1.165, 1.54) is 19.4 Å². The molecule has 0 radical (unpaired) electrons. The highest BCUT2D eigenvalue weighted by molar-refractivity contribution is 5.05. The summed E-state index contributed by atoms with van der Waals surface area (Å²) in [5, 5.41) is 7.49. The predicted molar refractivity (Wildman–Crippen MR) is 76.7 cm³/mol. The van der Waals surface area contributed by atoms with Crippen molar-refractivity contribution in [2.75, 3.05) is 6.54 Å². The van der Waals surface area contributed by atoms with Crippen LogP contribution in [0.15, 0.2) is 10.6 Å². The van der Waals surface area contributed by atoms with Crippen molar-refractivity contribution in [1.82, 2.24) is 15.4 Å². The quantitative estimate of drug-likeness (QED) is 0.889. The Bertz CT molecular complexity index is 388. The number of nitrogens with zero attached hydrogens (tertiary/aromatic N) is 2. The van der Waals surface area contributed by atoms with Crippen molar-refractivity contribution in [3.63, 3.8) is 0 Å². The zero-order chi connectivity index (χ0) is 13.8. The van der Waals surface area contributed by atoms with Crippen LogP contribution in [0.1, 0.15) is 52.0 Å². The molecule has 19 heavy (non-hydrogen) atoms. The van der Waals surface area contributed by atoms with E-state index in [1.807, 2.05) is 0 Å². The molecular weight excluding hydrogens is 238 g/mol. The molecule has 0 saturated carbocycles. The summed E-state index contributed by atoms with van der Waals surface area (Å²) < 4.78 is 5.45. The Morgan fingerprint density at radius 1 is 1.47 bits per heavy atom. The number of piperidine rings is 1. The van der Waals surface area contributed by atoms with Gasteiger partial charge in [-0.1, -0.05) is 25.9 Å². The first kappa shape index (κ1) is 14.5. The molecule has 1 aliphatic rings. The molecule has 2 atom stereocenters. The normalized spacial score (nSPS) is 25.1. The lowest BCUT2D eigenvalue weighted by atomic mass is 9.92. The monoisotopic (exact) mass is 265 g/mol. The van der Waals surface area contributed by atoms with Crippen molar-refractivity contribution in [1.29, 1.82) is 0 Å². The lowest BCUT2D eigenvalue weighted by Gasteiger charge is -2.37. The number of rotatable bonds is 5. The van der Waals surface area contributed by atoms with Gasteiger partial charge in [0.2, 0.25) is 0 Å². The van der Waals surface area contributed by atoms with Gasteiger partial charge in [0.25, 0.3) is 0 Å². The van der Waals surface area contributed by atoms with Gasteiger partial charge in [-0.25, -0.2) is 0 Å². The smallest absolute Gasteiger partial charge is 0.151 e. The summed E-state index contributed by atoms with van der Waals surface area (Å²) in [5.41, 5.74) is 1.00. The van der Waals surface area contributed by atoms with Crippen molar-refractivity contribution < 1.29 is 4.52 Å². The van der Waals surface area contributed by atoms with E-state index in [9.17, 15) is 0 Å². The standard InChI is InChI=1S/C15H27N3O/c1-11(2)16-9-14-8-15(19-17-14)10-18-7-5-6-12(3)13(18)4/h8,11-13,16H,5-7,9-10H2,1-4H3. The Balaban J connectivity index is 1.88. The van der Waals surface area contributed by atoms with E-state index in [2.05, 4.69) is 49.1 Å². The minimum Gasteiger partial charge on any atom is -0.360 e. The predicted octanol–water partition coefficient (Wildman–Crippen LogP) is 2.79. The van der Waals surface area contributed by atoms with Gasteiger partial charge in [-0.3, -0.25) is 4.90 Å². The Hall–Kier alpha value is -0.870. The number of likely N-dealkylation sites (tertiary alicyclic amines) is 1. The van der Waals surface area contributed by atoms with Crippen molar-refractivity contribution in [3.05, 3.63) is 17.5 Å². The van der Waals surface area contributed by atoms with Gasteiger partial charge in [-0.2, -0.15) is 0 Å². The van der Waals surface area contributed by atoms with Crippen LogP contribution in [0.3, 0.4) is 0 Å². The lowest BCUT2D eigenvalue weighted by Crippen LogP contribution is -2.41. The Morgan fingerprint density at radius 3 is 3.00 bits per heavy atom. The Kier molecular flexibility index (Phi) is 4.99. The first-order valence-electron chi connectivity index (χ1n) is 7.48. The van der Waals surface area contributed by atoms with E-state index in [1.54, 1.807) is 0 Å². The first-order valence-corrected chi connectivity index (χ1v) is 7.48. The van der Waals surface area contributed by atoms with E-state index in [-0.39, 0.29) is 0 Å². The molecule has 0 bridgehead atoms. The Labute approximate surface area is 116 Å². The van der Waals surface area contributed by atoms with Gasteiger partial charge in [-0.15, -0.1) is 0 Å². The van der Waals surface area contributed by atoms with Crippen molar-refractivity contribution in [3.8, 4) is 0 Å². The maximum absolute atomic E-state index is 5.45. The number of nitrogens with one attached hydrogen (secondary N) is 1. The fraction of sp³-hybridized carbons (Fsp3) is 0.800. The van der Waals surface area contributed by atoms with Gasteiger partial charge < -0.3 is 9.84 Å². The fourth-order valence-electron chi connectivity index (χ4n) is 2.67. The van der Waals surface area contributed by atoms with Crippen LogP contribution in [0.25, 0.3) is 0 Å².